The lowest BCUT2D eigenvalue weighted by Crippen LogP contribution is -2.58. The number of nitrogens with two attached hydrogens (primary N) is 9. The van der Waals surface area contributed by atoms with E-state index in [-0.39, 0.29) is 17.2 Å². The van der Waals surface area contributed by atoms with Crippen LogP contribution in [0.2, 0.25) is 0 Å². The number of aliphatic hydroxyl groups is 1. The van der Waals surface area contributed by atoms with Crippen molar-refractivity contribution in [1.82, 2.24) is 26.6 Å². The van der Waals surface area contributed by atoms with Crippen LogP contribution in [0.1, 0.15) is 33.9 Å². The summed E-state index contributed by atoms with van der Waals surface area (Å²) in [5.74, 6) is -11.7. The molecule has 0 aliphatic heterocycles. The van der Waals surface area contributed by atoms with E-state index < -0.39 is 131 Å². The summed E-state index contributed by atoms with van der Waals surface area (Å²) < 4.78 is 44.1. The molecule has 0 saturated carbocycles. The average Bonchev–Trinajstić information content (AvgIpc) is 3.35. The number of guanidine groups is 4. The third-order valence-electron chi connectivity index (χ3n) is 9.86. The molecule has 0 saturated heterocycles. The molecule has 6 amide bonds. The van der Waals surface area contributed by atoms with E-state index in [9.17, 15) is 57.2 Å². The molecule has 0 spiro atoms. The van der Waals surface area contributed by atoms with Crippen molar-refractivity contribution in [2.45, 2.75) is 49.7 Å². The van der Waals surface area contributed by atoms with Gasteiger partial charge >= 0.3 is 6.18 Å². The first-order chi connectivity index (χ1) is 35.7. The van der Waals surface area contributed by atoms with Gasteiger partial charge in [-0.05, 0) is 28.3 Å². The molecule has 29 nitrogen and oxygen atoms in total. The molecule has 0 aromatic heterocycles. The van der Waals surface area contributed by atoms with Crippen molar-refractivity contribution in [3.63, 3.8) is 0 Å². The number of nitro benzene ring substituents is 1. The Bertz CT molecular complexity index is 2910. The van der Waals surface area contributed by atoms with Crippen LogP contribution in [0.5, 0.6) is 0 Å². The molecule has 32 heteroatoms. The zero-order valence-electron chi connectivity index (χ0n) is 39.4. The zero-order chi connectivity index (χ0) is 56.4. The van der Waals surface area contributed by atoms with Crippen LogP contribution in [0.3, 0.4) is 0 Å². The van der Waals surface area contributed by atoms with E-state index in [0.29, 0.717) is 16.5 Å². The highest BCUT2D eigenvalue weighted by Gasteiger charge is 2.40. The molecule has 0 radical (unpaired) electrons. The molecule has 4 rings (SSSR count). The Balaban J connectivity index is 1.69. The maximum Gasteiger partial charge on any atom is 0.418 e. The number of hydrogen-bond acceptors (Lipinski definition) is 14. The van der Waals surface area contributed by atoms with E-state index in [2.05, 4.69) is 30.6 Å². The monoisotopic (exact) mass is 1060 g/mol. The molecule has 4 aromatic carbocycles. The average molecular weight is 1060 g/mol. The molecule has 76 heavy (non-hydrogen) atoms. The van der Waals surface area contributed by atoms with Gasteiger partial charge in [-0.3, -0.25) is 38.9 Å². The van der Waals surface area contributed by atoms with E-state index >= 15 is 0 Å². The van der Waals surface area contributed by atoms with E-state index in [1.165, 1.54) is 42.5 Å². The fraction of sp³-hybridized carbons (Fsp3) is 0.182. The summed E-state index contributed by atoms with van der Waals surface area (Å²) in [4.78, 5) is 106. The number of carbonyl (C=O) groups is 6. The van der Waals surface area contributed by atoms with Gasteiger partial charge in [0.05, 0.1) is 16.2 Å². The summed E-state index contributed by atoms with van der Waals surface area (Å²) >= 11 is 0. The third kappa shape index (κ3) is 17.4. The topological polar surface area (TPSA) is 513 Å². The van der Waals surface area contributed by atoms with Gasteiger partial charge in [-0.1, -0.05) is 97.1 Å². The molecule has 0 aliphatic rings. The molecule has 0 heterocycles. The lowest BCUT2D eigenvalue weighted by Gasteiger charge is -2.32. The smallest absolute Gasteiger partial charge is 0.370 e. The Morgan fingerprint density at radius 1 is 0.579 bits per heavy atom. The van der Waals surface area contributed by atoms with E-state index in [4.69, 9.17) is 51.6 Å². The minimum atomic E-state index is -5.29. The van der Waals surface area contributed by atoms with Crippen molar-refractivity contribution in [2.75, 3.05) is 4.90 Å². The fourth-order valence-electron chi connectivity index (χ4n) is 6.50. The molecule has 6 unspecified atom stereocenters. The summed E-state index contributed by atoms with van der Waals surface area (Å²) in [6.45, 7) is -0.638. The quantitative estimate of drug-likeness (QED) is 0.00849. The molecule has 402 valence electrons. The Labute approximate surface area is 427 Å². The molecule has 0 bridgehead atoms. The van der Waals surface area contributed by atoms with Gasteiger partial charge in [0.2, 0.25) is 36.8 Å². The summed E-state index contributed by atoms with van der Waals surface area (Å²) in [6.07, 6.45) is -12.9. The van der Waals surface area contributed by atoms with Crippen LogP contribution < -0.4 is 83.1 Å². The number of benzene rings is 4. The predicted molar refractivity (Wildman–Crippen MR) is 270 cm³/mol. The molecular formula is C44H51F3N20O9. The number of carbonyl (C=O) groups excluding carboxylic acids is 6. The highest BCUT2D eigenvalue weighted by molar-refractivity contribution is 5.99. The first-order valence-corrected chi connectivity index (χ1v) is 21.6. The second-order valence-electron chi connectivity index (χ2n) is 15.6. The number of rotatable bonds is 23. The normalized spacial score (nSPS) is 13.3. The second-order valence-corrected chi connectivity index (χ2v) is 15.6. The minimum Gasteiger partial charge on any atom is -0.370 e. The number of aliphatic imine (C=N–C) groups is 4. The van der Waals surface area contributed by atoms with Crippen LogP contribution in [0, 0.1) is 10.1 Å². The number of halogens is 3. The molecule has 0 aliphatic carbocycles. The van der Waals surface area contributed by atoms with Gasteiger partial charge in [-0.15, -0.1) is 0 Å². The van der Waals surface area contributed by atoms with Crippen molar-refractivity contribution in [3.8, 4) is 0 Å². The lowest BCUT2D eigenvalue weighted by atomic mass is 10.0. The van der Waals surface area contributed by atoms with Crippen LogP contribution in [-0.2, 0) is 41.5 Å². The first-order valence-electron chi connectivity index (χ1n) is 21.6. The number of nitrogens with zero attached hydrogens (tertiary/aromatic N) is 6. The van der Waals surface area contributed by atoms with Gasteiger partial charge in [-0.25, -0.2) is 20.0 Å². The van der Waals surface area contributed by atoms with Crippen LogP contribution in [0.4, 0.5) is 24.5 Å². The van der Waals surface area contributed by atoms with Crippen molar-refractivity contribution in [1.29, 1.82) is 0 Å². The number of aliphatic hydroxyl groups excluding tert-OH is 1. The first kappa shape index (κ1) is 58.0. The molecule has 0 fully saturated rings. The molecule has 6 atom stereocenters. The Hall–Kier alpha value is -10.5. The molecule has 4 aromatic rings. The Morgan fingerprint density at radius 3 is 1.43 bits per heavy atom. The van der Waals surface area contributed by atoms with Crippen LogP contribution in [-0.4, -0.2) is 100 Å². The maximum absolute atomic E-state index is 14.7. The van der Waals surface area contributed by atoms with Gasteiger partial charge in [0, 0.05) is 18.7 Å². The van der Waals surface area contributed by atoms with E-state index in [1.54, 1.807) is 24.3 Å². The number of alkyl halides is 3. The number of nitro groups is 1. The van der Waals surface area contributed by atoms with E-state index in [0.717, 1.165) is 11.6 Å². The summed E-state index contributed by atoms with van der Waals surface area (Å²) in [7, 11) is 0. The Kier molecular flexibility index (Phi) is 20.0. The highest BCUT2D eigenvalue weighted by Crippen LogP contribution is 2.40. The SMILES string of the molecule is NC(=O)C(N=C(N)N)NC(=O)C(N=C(N)N)NC(=O)C(N=C(N)N)NC(=O)C(N=C(N)N)NC(=O)C(NC(=O)C(O)N(Cc1ccc(/C=C/c2ccccc2)cc1)c1ccc([N+](=O)[O-])cc1C(F)(F)F)c1ccccc1. The molecular weight excluding hydrogens is 1010 g/mol. The van der Waals surface area contributed by atoms with Gasteiger partial charge in [0.25, 0.3) is 35.2 Å². The number of hydrogen-bond donors (Lipinski definition) is 15. The van der Waals surface area contributed by atoms with Crippen molar-refractivity contribution in [3.05, 3.63) is 141 Å². The summed E-state index contributed by atoms with van der Waals surface area (Å²) in [6, 6.07) is 22.0. The number of nitrogens with one attached hydrogen (secondary N) is 5. The number of non-ortho nitro benzene ring substituents is 1. The maximum atomic E-state index is 14.7. The van der Waals surface area contributed by atoms with Gasteiger partial charge in [-0.2, -0.15) is 13.2 Å². The third-order valence-corrected chi connectivity index (χ3v) is 9.86. The Morgan fingerprint density at radius 2 is 1.00 bits per heavy atom. The van der Waals surface area contributed by atoms with E-state index in [1.807, 2.05) is 46.3 Å². The lowest BCUT2D eigenvalue weighted by molar-refractivity contribution is -0.385. The van der Waals surface area contributed by atoms with Crippen LogP contribution >= 0.6 is 0 Å². The molecule has 24 N–H and O–H groups in total. The highest BCUT2D eigenvalue weighted by atomic mass is 19.4. The summed E-state index contributed by atoms with van der Waals surface area (Å²) in [5, 5.41) is 33.7. The van der Waals surface area contributed by atoms with Crippen molar-refractivity contribution >= 4 is 82.8 Å². The summed E-state index contributed by atoms with van der Waals surface area (Å²) in [5.41, 5.74) is 46.9. The van der Waals surface area contributed by atoms with Crippen LogP contribution in [0.15, 0.2) is 123 Å². The largest absolute Gasteiger partial charge is 0.418 e. The van der Waals surface area contributed by atoms with Crippen molar-refractivity contribution in [2.24, 2.45) is 71.6 Å². The fourth-order valence-corrected chi connectivity index (χ4v) is 6.50. The predicted octanol–water partition coefficient (Wildman–Crippen LogP) is -3.69. The minimum absolute atomic E-state index is 0.0679. The number of anilines is 1. The van der Waals surface area contributed by atoms with Crippen molar-refractivity contribution < 1.29 is 52.0 Å². The number of amides is 6. The number of primary amides is 1. The van der Waals surface area contributed by atoms with Gasteiger partial charge in [0.15, 0.2) is 23.8 Å². The standard InChI is InChI=1S/C44H51F3N20O9/c45-44(46,47)26-19-25(67(75)76)17-18-27(26)66(20-23-15-13-22(14-16-23)12-11-21-7-3-1-4-8-21)39(74)38(73)57-28(24-9-5-2-6-10-24)34(69)59-31(63-41(51)52)36(71)61-33(65-43(55)56)37(72)60-32(64-42(53)54)35(70)58-30(29(48)68)62-40(49)50/h1-19,28,30-33,39,74H,20H2,(H2,48,68)(H,57,73)(H,58,70)(H,59,69)(H,60,72)(H,61,71)(H4,49,50,62)(H4,51,52,63)(H4,53,54,64)(H4,55,56,65)/b12-11+. The van der Waals surface area contributed by atoms with Gasteiger partial charge < -0.3 is 88.2 Å². The second kappa shape index (κ2) is 26.2. The zero-order valence-corrected chi connectivity index (χ0v) is 39.4. The van der Waals surface area contributed by atoms with Crippen LogP contribution in [0.25, 0.3) is 12.2 Å². The van der Waals surface area contributed by atoms with Gasteiger partial charge in [0.1, 0.15) is 6.04 Å².